The van der Waals surface area contributed by atoms with E-state index in [-0.39, 0.29) is 0 Å². The number of benzene rings is 5. The maximum atomic E-state index is 4.63. The van der Waals surface area contributed by atoms with Gasteiger partial charge in [-0.25, -0.2) is 0 Å². The van der Waals surface area contributed by atoms with Crippen molar-refractivity contribution in [3.8, 4) is 0 Å². The van der Waals surface area contributed by atoms with Gasteiger partial charge in [-0.3, -0.25) is 4.98 Å². The van der Waals surface area contributed by atoms with E-state index in [9.17, 15) is 0 Å². The molecule has 0 bridgehead atoms. The van der Waals surface area contributed by atoms with E-state index in [1.54, 1.807) is 0 Å². The van der Waals surface area contributed by atoms with E-state index >= 15 is 0 Å². The van der Waals surface area contributed by atoms with E-state index in [1.165, 1.54) is 48.1 Å². The molecule has 1 aliphatic rings. The zero-order valence-corrected chi connectivity index (χ0v) is 18.0. The Balaban J connectivity index is 1.64. The zero-order valence-electron chi connectivity index (χ0n) is 17.2. The first kappa shape index (κ1) is 17.8. The summed E-state index contributed by atoms with van der Waals surface area (Å²) in [7, 11) is 0. The van der Waals surface area contributed by atoms with Crippen LogP contribution in [-0.4, -0.2) is 4.98 Å². The first-order valence-electron chi connectivity index (χ1n) is 10.7. The van der Waals surface area contributed by atoms with Crippen molar-refractivity contribution in [1.82, 2.24) is 4.98 Å². The SMILES string of the molecule is c1ccc2c(N3c4ccc5ccccc5c4Sc4ccc5ccccc5c43)cncc2c1. The lowest BCUT2D eigenvalue weighted by molar-refractivity contribution is 1.18. The highest BCUT2D eigenvalue weighted by atomic mass is 32.2. The van der Waals surface area contributed by atoms with Crippen molar-refractivity contribution in [3.05, 3.63) is 109 Å². The molecular formula is C29H18N2S. The molecule has 0 saturated heterocycles. The van der Waals surface area contributed by atoms with Crippen molar-refractivity contribution in [1.29, 1.82) is 0 Å². The van der Waals surface area contributed by atoms with Gasteiger partial charge < -0.3 is 4.90 Å². The lowest BCUT2D eigenvalue weighted by Gasteiger charge is -2.35. The maximum Gasteiger partial charge on any atom is 0.0724 e. The van der Waals surface area contributed by atoms with Gasteiger partial charge in [-0.2, -0.15) is 0 Å². The van der Waals surface area contributed by atoms with E-state index in [2.05, 4.69) is 107 Å². The van der Waals surface area contributed by atoms with Gasteiger partial charge in [0.1, 0.15) is 0 Å². The van der Waals surface area contributed by atoms with Crippen molar-refractivity contribution in [3.63, 3.8) is 0 Å². The van der Waals surface area contributed by atoms with Crippen molar-refractivity contribution >= 4 is 61.1 Å². The topological polar surface area (TPSA) is 16.1 Å². The molecule has 150 valence electrons. The van der Waals surface area contributed by atoms with E-state index in [4.69, 9.17) is 0 Å². The smallest absolute Gasteiger partial charge is 0.0724 e. The van der Waals surface area contributed by atoms with Crippen LogP contribution in [0.4, 0.5) is 17.1 Å². The number of fused-ring (bicyclic) bond motifs is 7. The highest BCUT2D eigenvalue weighted by molar-refractivity contribution is 8.00. The van der Waals surface area contributed by atoms with E-state index in [0.717, 1.165) is 11.1 Å². The second kappa shape index (κ2) is 6.84. The normalized spacial score (nSPS) is 12.8. The van der Waals surface area contributed by atoms with Gasteiger partial charge in [0.15, 0.2) is 0 Å². The van der Waals surface area contributed by atoms with Crippen LogP contribution in [0.15, 0.2) is 119 Å². The Kier molecular flexibility index (Phi) is 3.81. The molecule has 0 saturated carbocycles. The lowest BCUT2D eigenvalue weighted by Crippen LogP contribution is -2.16. The van der Waals surface area contributed by atoms with Crippen LogP contribution in [-0.2, 0) is 0 Å². The van der Waals surface area contributed by atoms with Crippen LogP contribution in [0, 0.1) is 0 Å². The highest BCUT2D eigenvalue weighted by Crippen LogP contribution is 2.56. The zero-order chi connectivity index (χ0) is 21.1. The van der Waals surface area contributed by atoms with E-state index in [1.807, 2.05) is 24.2 Å². The summed E-state index contributed by atoms with van der Waals surface area (Å²) in [4.78, 5) is 9.60. The number of aromatic nitrogens is 1. The molecule has 6 aromatic rings. The minimum atomic E-state index is 1.11. The number of rotatable bonds is 1. The summed E-state index contributed by atoms with van der Waals surface area (Å²) >= 11 is 1.87. The minimum absolute atomic E-state index is 1.11. The molecule has 0 fully saturated rings. The second-order valence-corrected chi connectivity index (χ2v) is 9.14. The van der Waals surface area contributed by atoms with Gasteiger partial charge in [-0.15, -0.1) is 0 Å². The summed E-state index contributed by atoms with van der Waals surface area (Å²) in [6.45, 7) is 0. The molecule has 2 nitrogen and oxygen atoms in total. The standard InChI is InChI=1S/C29H18N2S/c1-5-11-23-19(7-1)14-16-27-28(23)31(26-18-30-17-21-9-3-4-10-22(21)26)25-15-13-20-8-2-6-12-24(20)29(25)32-27/h1-18H. The molecule has 0 N–H and O–H groups in total. The second-order valence-electron chi connectivity index (χ2n) is 8.09. The number of anilines is 3. The third-order valence-corrected chi connectivity index (χ3v) is 7.47. The molecule has 3 heteroatoms. The van der Waals surface area contributed by atoms with E-state index < -0.39 is 0 Å². The van der Waals surface area contributed by atoms with Gasteiger partial charge in [0.25, 0.3) is 0 Å². The van der Waals surface area contributed by atoms with Crippen molar-refractivity contribution in [2.24, 2.45) is 0 Å². The van der Waals surface area contributed by atoms with Gasteiger partial charge in [0, 0.05) is 32.1 Å². The molecule has 1 aromatic heterocycles. The first-order chi connectivity index (χ1) is 15.9. The summed E-state index contributed by atoms with van der Waals surface area (Å²) in [5.41, 5.74) is 3.54. The lowest BCUT2D eigenvalue weighted by atomic mass is 10.0. The molecule has 0 atom stereocenters. The average Bonchev–Trinajstić information content (AvgIpc) is 2.87. The Morgan fingerprint density at radius 2 is 1.19 bits per heavy atom. The number of pyridine rings is 1. The maximum absolute atomic E-state index is 4.63. The molecule has 0 spiro atoms. The van der Waals surface area contributed by atoms with Gasteiger partial charge in [-0.1, -0.05) is 96.7 Å². The van der Waals surface area contributed by atoms with Crippen LogP contribution in [0.3, 0.4) is 0 Å². The Labute approximate surface area is 190 Å². The third-order valence-electron chi connectivity index (χ3n) is 6.29. The van der Waals surface area contributed by atoms with Crippen molar-refractivity contribution in [2.75, 3.05) is 4.90 Å². The molecule has 7 rings (SSSR count). The monoisotopic (exact) mass is 426 g/mol. The van der Waals surface area contributed by atoms with Gasteiger partial charge in [0.2, 0.25) is 0 Å². The van der Waals surface area contributed by atoms with Crippen LogP contribution in [0.1, 0.15) is 0 Å². The molecule has 2 heterocycles. The average molecular weight is 427 g/mol. The van der Waals surface area contributed by atoms with Crippen LogP contribution in [0.25, 0.3) is 32.3 Å². The minimum Gasteiger partial charge on any atom is -0.305 e. The number of hydrogen-bond donors (Lipinski definition) is 0. The fraction of sp³-hybridized carbons (Fsp3) is 0. The molecule has 0 aliphatic carbocycles. The van der Waals surface area contributed by atoms with E-state index in [0.29, 0.717) is 0 Å². The summed E-state index contributed by atoms with van der Waals surface area (Å²) in [6.07, 6.45) is 3.95. The fourth-order valence-electron chi connectivity index (χ4n) is 4.82. The Morgan fingerprint density at radius 3 is 2.03 bits per heavy atom. The molecule has 0 unspecified atom stereocenters. The molecule has 32 heavy (non-hydrogen) atoms. The van der Waals surface area contributed by atoms with Crippen LogP contribution < -0.4 is 4.90 Å². The fourth-order valence-corrected chi connectivity index (χ4v) is 6.04. The van der Waals surface area contributed by atoms with Gasteiger partial charge >= 0.3 is 0 Å². The quantitative estimate of drug-likeness (QED) is 0.262. The van der Waals surface area contributed by atoms with Crippen LogP contribution in [0.5, 0.6) is 0 Å². The largest absolute Gasteiger partial charge is 0.305 e. The molecule has 5 aromatic carbocycles. The van der Waals surface area contributed by atoms with Gasteiger partial charge in [-0.05, 0) is 28.3 Å². The van der Waals surface area contributed by atoms with Crippen LogP contribution in [0.2, 0.25) is 0 Å². The summed E-state index contributed by atoms with van der Waals surface area (Å²) in [5.74, 6) is 0. The molecule has 1 aliphatic heterocycles. The predicted molar refractivity (Wildman–Crippen MR) is 136 cm³/mol. The highest BCUT2D eigenvalue weighted by Gasteiger charge is 2.29. The van der Waals surface area contributed by atoms with Gasteiger partial charge in [0.05, 0.1) is 23.3 Å². The predicted octanol–water partition coefficient (Wildman–Crippen LogP) is 8.48. The Bertz CT molecular complexity index is 1670. The van der Waals surface area contributed by atoms with Crippen molar-refractivity contribution < 1.29 is 0 Å². The number of nitrogens with zero attached hydrogens (tertiary/aromatic N) is 2. The number of hydrogen-bond acceptors (Lipinski definition) is 3. The Hall–Kier alpha value is -3.82. The summed E-state index contributed by atoms with van der Waals surface area (Å²) in [6, 6.07) is 34.8. The summed E-state index contributed by atoms with van der Waals surface area (Å²) < 4.78 is 0. The summed E-state index contributed by atoms with van der Waals surface area (Å²) in [5, 5.41) is 7.39. The third kappa shape index (κ3) is 2.52. The molecule has 0 amide bonds. The molecule has 0 radical (unpaired) electrons. The van der Waals surface area contributed by atoms with Crippen molar-refractivity contribution in [2.45, 2.75) is 9.79 Å². The first-order valence-corrected chi connectivity index (χ1v) is 11.5. The Morgan fingerprint density at radius 1 is 0.531 bits per heavy atom. The van der Waals surface area contributed by atoms with Crippen LogP contribution >= 0.6 is 11.8 Å². The molecular weight excluding hydrogens is 408 g/mol.